The van der Waals surface area contributed by atoms with Gasteiger partial charge in [0.05, 0.1) is 10.7 Å². The second kappa shape index (κ2) is 4.18. The standard InChI is InChI=1S/C8H7N3O4/c9-8(14)10-11(15)6-3-1-5(2-4-6)7(12)13/h1-4H,(H2,9,14)(H,12,13)/b11-10-. The van der Waals surface area contributed by atoms with Gasteiger partial charge in [0.2, 0.25) is 5.69 Å². The molecule has 0 aromatic heterocycles. The molecular weight excluding hydrogens is 202 g/mol. The van der Waals surface area contributed by atoms with Gasteiger partial charge in [0.15, 0.2) is 0 Å². The van der Waals surface area contributed by atoms with Crippen molar-refractivity contribution in [1.29, 1.82) is 0 Å². The lowest BCUT2D eigenvalue weighted by molar-refractivity contribution is -0.434. The fourth-order valence-corrected chi connectivity index (χ4v) is 0.879. The van der Waals surface area contributed by atoms with Crippen LogP contribution in [-0.2, 0) is 0 Å². The number of benzene rings is 1. The average Bonchev–Trinajstić information content (AvgIpc) is 2.17. The van der Waals surface area contributed by atoms with E-state index in [4.69, 9.17) is 5.11 Å². The molecule has 0 heterocycles. The normalized spacial score (nSPS) is 11.1. The van der Waals surface area contributed by atoms with E-state index < -0.39 is 12.0 Å². The Hall–Kier alpha value is -2.44. The molecule has 2 amide bonds. The van der Waals surface area contributed by atoms with Crippen LogP contribution in [0.25, 0.3) is 0 Å². The van der Waals surface area contributed by atoms with Gasteiger partial charge >= 0.3 is 12.0 Å². The van der Waals surface area contributed by atoms with Gasteiger partial charge in [0.1, 0.15) is 0 Å². The monoisotopic (exact) mass is 209 g/mol. The topological polar surface area (TPSA) is 119 Å². The van der Waals surface area contributed by atoms with Gasteiger partial charge in [0.25, 0.3) is 0 Å². The molecule has 0 fully saturated rings. The van der Waals surface area contributed by atoms with Crippen LogP contribution in [0.15, 0.2) is 29.4 Å². The summed E-state index contributed by atoms with van der Waals surface area (Å²) in [5.74, 6) is -1.11. The number of hydrogen-bond donors (Lipinski definition) is 2. The van der Waals surface area contributed by atoms with Gasteiger partial charge in [-0.1, -0.05) is 0 Å². The number of aromatic carboxylic acids is 1. The molecule has 0 unspecified atom stereocenters. The number of primary amides is 1. The molecule has 1 aromatic rings. The molecule has 0 radical (unpaired) electrons. The zero-order valence-corrected chi connectivity index (χ0v) is 7.45. The highest BCUT2D eigenvalue weighted by Gasteiger charge is 2.07. The van der Waals surface area contributed by atoms with Gasteiger partial charge < -0.3 is 16.0 Å². The first-order valence-electron chi connectivity index (χ1n) is 3.82. The van der Waals surface area contributed by atoms with Crippen LogP contribution < -0.4 is 5.73 Å². The molecule has 0 bridgehead atoms. The number of nitrogens with two attached hydrogens (primary N) is 1. The van der Waals surface area contributed by atoms with Crippen molar-refractivity contribution in [2.24, 2.45) is 10.8 Å². The molecule has 0 saturated carbocycles. The minimum absolute atomic E-state index is 0.0218. The molecule has 0 atom stereocenters. The molecule has 0 saturated heterocycles. The molecule has 0 aliphatic rings. The maximum atomic E-state index is 11.0. The maximum Gasteiger partial charge on any atom is 0.399 e. The first kappa shape index (κ1) is 10.6. The summed E-state index contributed by atoms with van der Waals surface area (Å²) in [6.45, 7) is 0. The summed E-state index contributed by atoms with van der Waals surface area (Å²) in [5.41, 5.74) is 4.73. The zero-order valence-electron chi connectivity index (χ0n) is 7.45. The van der Waals surface area contributed by atoms with Crippen LogP contribution >= 0.6 is 0 Å². The Labute approximate surface area is 84.0 Å². The maximum absolute atomic E-state index is 11.0. The predicted octanol–water partition coefficient (Wildman–Crippen LogP) is 1.06. The van der Waals surface area contributed by atoms with E-state index in [1.807, 2.05) is 0 Å². The number of nitrogens with zero attached hydrogens (tertiary/aromatic N) is 2. The molecule has 1 rings (SSSR count). The number of amides is 2. The Kier molecular flexibility index (Phi) is 2.97. The highest BCUT2D eigenvalue weighted by molar-refractivity contribution is 5.87. The van der Waals surface area contributed by atoms with Crippen molar-refractivity contribution >= 4 is 17.7 Å². The van der Waals surface area contributed by atoms with Gasteiger partial charge in [-0.3, -0.25) is 0 Å². The third kappa shape index (κ3) is 2.76. The van der Waals surface area contributed by atoms with Crippen LogP contribution in [0.4, 0.5) is 10.5 Å². The van der Waals surface area contributed by atoms with Crippen molar-refractivity contribution in [3.63, 3.8) is 0 Å². The number of urea groups is 1. The number of carbonyl (C=O) groups is 2. The Balaban J connectivity index is 2.99. The molecule has 0 aliphatic heterocycles. The lowest BCUT2D eigenvalue weighted by Crippen LogP contribution is -2.07. The van der Waals surface area contributed by atoms with Crippen molar-refractivity contribution in [3.8, 4) is 0 Å². The van der Waals surface area contributed by atoms with Crippen molar-refractivity contribution in [1.82, 2.24) is 0 Å². The first-order valence-corrected chi connectivity index (χ1v) is 3.82. The minimum atomic E-state index is -1.12. The van der Waals surface area contributed by atoms with E-state index in [0.29, 0.717) is 0 Å². The molecule has 1 aromatic carbocycles. The Morgan fingerprint density at radius 2 is 1.87 bits per heavy atom. The lowest BCUT2D eigenvalue weighted by Gasteiger charge is -1.98. The van der Waals surface area contributed by atoms with Crippen LogP contribution in [0.3, 0.4) is 0 Å². The summed E-state index contributed by atoms with van der Waals surface area (Å²) in [7, 11) is 0. The fraction of sp³-hybridized carbons (Fsp3) is 0. The van der Waals surface area contributed by atoms with Crippen LogP contribution in [0.5, 0.6) is 0 Å². The van der Waals surface area contributed by atoms with Gasteiger partial charge in [-0.05, 0) is 17.0 Å². The van der Waals surface area contributed by atoms with E-state index in [1.165, 1.54) is 24.3 Å². The van der Waals surface area contributed by atoms with Gasteiger partial charge in [-0.2, -0.15) is 0 Å². The van der Waals surface area contributed by atoms with E-state index in [0.717, 1.165) is 0 Å². The smallest absolute Gasteiger partial charge is 0.399 e. The summed E-state index contributed by atoms with van der Waals surface area (Å²) in [4.78, 5) is 20.8. The molecule has 3 N–H and O–H groups in total. The van der Waals surface area contributed by atoms with Crippen LogP contribution in [0, 0.1) is 5.21 Å². The third-order valence-electron chi connectivity index (χ3n) is 1.52. The molecule has 0 spiro atoms. The Bertz CT molecular complexity index is 424. The van der Waals surface area contributed by atoms with E-state index in [1.54, 1.807) is 0 Å². The summed E-state index contributed by atoms with van der Waals surface area (Å²) in [6.07, 6.45) is 0. The van der Waals surface area contributed by atoms with Crippen molar-refractivity contribution in [2.45, 2.75) is 0 Å². The number of carbonyl (C=O) groups excluding carboxylic acids is 1. The van der Waals surface area contributed by atoms with E-state index in [9.17, 15) is 14.8 Å². The van der Waals surface area contributed by atoms with Crippen molar-refractivity contribution in [3.05, 3.63) is 35.0 Å². The highest BCUT2D eigenvalue weighted by atomic mass is 16.5. The first-order chi connectivity index (χ1) is 7.00. The molecule has 78 valence electrons. The summed E-state index contributed by atoms with van der Waals surface area (Å²) < 4.78 is 0. The number of rotatable bonds is 2. The SMILES string of the molecule is NC(=O)/N=[N+](\[O-])c1ccc(C(=O)O)cc1. The Morgan fingerprint density at radius 1 is 1.33 bits per heavy atom. The highest BCUT2D eigenvalue weighted by Crippen LogP contribution is 2.12. The number of carboxylic acid groups (broad SMARTS) is 1. The molecule has 7 nitrogen and oxygen atoms in total. The largest absolute Gasteiger partial charge is 0.594 e. The van der Waals surface area contributed by atoms with Gasteiger partial charge in [-0.25, -0.2) is 9.59 Å². The van der Waals surface area contributed by atoms with Crippen LogP contribution in [-0.4, -0.2) is 22.0 Å². The molecule has 0 aliphatic carbocycles. The summed E-state index contributed by atoms with van der Waals surface area (Å²) >= 11 is 0. The van der Waals surface area contributed by atoms with Crippen molar-refractivity contribution < 1.29 is 19.6 Å². The second-order valence-corrected chi connectivity index (χ2v) is 2.56. The third-order valence-corrected chi connectivity index (χ3v) is 1.52. The van der Waals surface area contributed by atoms with Crippen molar-refractivity contribution in [2.75, 3.05) is 0 Å². The number of azo groups is 1. The van der Waals surface area contributed by atoms with Crippen LogP contribution in [0.2, 0.25) is 0 Å². The van der Waals surface area contributed by atoms with Gasteiger partial charge in [0, 0.05) is 12.1 Å². The molecular formula is C8H7N3O4. The predicted molar refractivity (Wildman–Crippen MR) is 48.7 cm³/mol. The average molecular weight is 209 g/mol. The number of hydrogen-bond acceptors (Lipinski definition) is 3. The minimum Gasteiger partial charge on any atom is -0.594 e. The summed E-state index contributed by atoms with van der Waals surface area (Å²) in [5, 5.41) is 22.5. The quantitative estimate of drug-likeness (QED) is 0.429. The fourth-order valence-electron chi connectivity index (χ4n) is 0.879. The van der Waals surface area contributed by atoms with E-state index in [2.05, 4.69) is 10.8 Å². The lowest BCUT2D eigenvalue weighted by atomic mass is 10.2. The summed E-state index contributed by atoms with van der Waals surface area (Å²) in [6, 6.07) is 3.77. The zero-order chi connectivity index (χ0) is 11.4. The van der Waals surface area contributed by atoms with E-state index in [-0.39, 0.29) is 16.1 Å². The second-order valence-electron chi connectivity index (χ2n) is 2.56. The van der Waals surface area contributed by atoms with E-state index >= 15 is 0 Å². The number of carboxylic acids is 1. The molecule has 7 heteroatoms. The molecule has 15 heavy (non-hydrogen) atoms. The Morgan fingerprint density at radius 3 is 2.27 bits per heavy atom. The van der Waals surface area contributed by atoms with Gasteiger partial charge in [-0.15, -0.1) is 0 Å². The van der Waals surface area contributed by atoms with Crippen LogP contribution in [0.1, 0.15) is 10.4 Å².